The molecule has 2 nitrogen and oxygen atoms in total. The van der Waals surface area contributed by atoms with E-state index in [1.165, 1.54) is 10.4 Å². The highest BCUT2D eigenvalue weighted by atomic mass is 35.5. The highest BCUT2D eigenvalue weighted by Gasteiger charge is 2.19. The van der Waals surface area contributed by atoms with Crippen LogP contribution in [0, 0.1) is 6.92 Å². The van der Waals surface area contributed by atoms with E-state index in [0.717, 1.165) is 5.75 Å². The first kappa shape index (κ1) is 13.4. The summed E-state index contributed by atoms with van der Waals surface area (Å²) in [6.45, 7) is 4.04. The predicted molar refractivity (Wildman–Crippen MR) is 77.5 cm³/mol. The predicted octanol–water partition coefficient (Wildman–Crippen LogP) is 4.18. The smallest absolute Gasteiger partial charge is 0.121 e. The minimum atomic E-state index is -0.121. The van der Waals surface area contributed by atoms with Crippen molar-refractivity contribution in [1.82, 2.24) is 0 Å². The van der Waals surface area contributed by atoms with Gasteiger partial charge in [0, 0.05) is 9.90 Å². The lowest BCUT2D eigenvalue weighted by Gasteiger charge is -2.21. The van der Waals surface area contributed by atoms with Crippen molar-refractivity contribution in [2.75, 3.05) is 0 Å². The average Bonchev–Trinajstić information content (AvgIpc) is 2.74. The Labute approximate surface area is 116 Å². The van der Waals surface area contributed by atoms with Gasteiger partial charge in [-0.2, -0.15) is 0 Å². The molecule has 0 aliphatic carbocycles. The van der Waals surface area contributed by atoms with Crippen molar-refractivity contribution in [2.24, 2.45) is 5.73 Å². The van der Waals surface area contributed by atoms with Gasteiger partial charge in [0.1, 0.15) is 11.9 Å². The maximum absolute atomic E-state index is 6.22. The maximum Gasteiger partial charge on any atom is 0.121 e. The van der Waals surface area contributed by atoms with E-state index in [4.69, 9.17) is 22.1 Å². The molecular formula is C14H16ClNOS. The van der Waals surface area contributed by atoms with Crippen molar-refractivity contribution in [1.29, 1.82) is 0 Å². The lowest BCUT2D eigenvalue weighted by Crippen LogP contribution is -2.28. The number of halogens is 1. The summed E-state index contributed by atoms with van der Waals surface area (Å²) in [4.78, 5) is 1.17. The van der Waals surface area contributed by atoms with Crippen LogP contribution >= 0.6 is 22.9 Å². The molecule has 0 fully saturated rings. The number of hydrogen-bond acceptors (Lipinski definition) is 3. The molecule has 18 heavy (non-hydrogen) atoms. The first-order valence-corrected chi connectivity index (χ1v) is 7.05. The number of ether oxygens (including phenoxy) is 1. The van der Waals surface area contributed by atoms with Crippen LogP contribution in [0.25, 0.3) is 0 Å². The summed E-state index contributed by atoms with van der Waals surface area (Å²) in [5.74, 6) is 0.750. The zero-order valence-corrected chi connectivity index (χ0v) is 12.0. The van der Waals surface area contributed by atoms with Crippen molar-refractivity contribution in [2.45, 2.75) is 26.0 Å². The molecule has 0 spiro atoms. The molecule has 1 aromatic heterocycles. The van der Waals surface area contributed by atoms with Crippen LogP contribution in [0.4, 0.5) is 0 Å². The number of aryl methyl sites for hydroxylation is 1. The average molecular weight is 282 g/mol. The van der Waals surface area contributed by atoms with Gasteiger partial charge in [-0.3, -0.25) is 0 Å². The van der Waals surface area contributed by atoms with Crippen LogP contribution in [-0.4, -0.2) is 6.10 Å². The van der Waals surface area contributed by atoms with Crippen molar-refractivity contribution in [3.8, 4) is 5.75 Å². The molecule has 1 aromatic carbocycles. The van der Waals surface area contributed by atoms with Crippen molar-refractivity contribution in [3.05, 3.63) is 51.2 Å². The Balaban J connectivity index is 2.08. The topological polar surface area (TPSA) is 35.2 Å². The Hall–Kier alpha value is -1.03. The Kier molecular flexibility index (Phi) is 4.27. The van der Waals surface area contributed by atoms with Gasteiger partial charge < -0.3 is 10.5 Å². The third kappa shape index (κ3) is 3.05. The lowest BCUT2D eigenvalue weighted by molar-refractivity contribution is 0.191. The van der Waals surface area contributed by atoms with Crippen LogP contribution in [0.2, 0.25) is 5.02 Å². The zero-order chi connectivity index (χ0) is 13.1. The molecule has 0 aliphatic heterocycles. The molecule has 0 amide bonds. The lowest BCUT2D eigenvalue weighted by atomic mass is 10.1. The molecule has 2 N–H and O–H groups in total. The van der Waals surface area contributed by atoms with E-state index >= 15 is 0 Å². The van der Waals surface area contributed by atoms with Crippen molar-refractivity contribution < 1.29 is 4.74 Å². The normalized spacial score (nSPS) is 14.2. The van der Waals surface area contributed by atoms with E-state index in [2.05, 4.69) is 18.4 Å². The van der Waals surface area contributed by atoms with E-state index in [9.17, 15) is 0 Å². The molecule has 0 bridgehead atoms. The van der Waals surface area contributed by atoms with Gasteiger partial charge in [-0.15, -0.1) is 11.3 Å². The fraction of sp³-hybridized carbons (Fsp3) is 0.286. The molecule has 4 heteroatoms. The maximum atomic E-state index is 6.22. The minimum Gasteiger partial charge on any atom is -0.489 e. The van der Waals surface area contributed by atoms with Gasteiger partial charge >= 0.3 is 0 Å². The van der Waals surface area contributed by atoms with Gasteiger partial charge in [0.05, 0.1) is 6.04 Å². The number of thiophene rings is 1. The minimum absolute atomic E-state index is 0.0965. The van der Waals surface area contributed by atoms with E-state index < -0.39 is 0 Å². The quantitative estimate of drug-likeness (QED) is 0.912. The second-order valence-electron chi connectivity index (χ2n) is 4.27. The summed E-state index contributed by atoms with van der Waals surface area (Å²) in [6.07, 6.45) is -0.0965. The van der Waals surface area contributed by atoms with E-state index in [0.29, 0.717) is 5.02 Å². The number of hydrogen-bond donors (Lipinski definition) is 1. The second-order valence-corrected chi connectivity index (χ2v) is 5.66. The SMILES string of the molecule is Cc1ccsc1C(N)C(C)Oc1cccc(Cl)c1. The summed E-state index contributed by atoms with van der Waals surface area (Å²) in [7, 11) is 0. The van der Waals surface area contributed by atoms with Crippen LogP contribution in [0.15, 0.2) is 35.7 Å². The molecule has 2 rings (SSSR count). The number of rotatable bonds is 4. The molecule has 1 heterocycles. The molecule has 2 unspecified atom stereocenters. The first-order valence-electron chi connectivity index (χ1n) is 5.79. The Bertz CT molecular complexity index is 526. The van der Waals surface area contributed by atoms with Gasteiger partial charge in [0.25, 0.3) is 0 Å². The molecule has 0 saturated heterocycles. The second kappa shape index (κ2) is 5.74. The summed E-state index contributed by atoms with van der Waals surface area (Å²) >= 11 is 7.59. The fourth-order valence-corrected chi connectivity index (χ4v) is 2.97. The Morgan fingerprint density at radius 3 is 2.72 bits per heavy atom. The standard InChI is InChI=1S/C14H16ClNOS/c1-9-6-7-18-14(9)13(16)10(2)17-12-5-3-4-11(15)8-12/h3-8,10,13H,16H2,1-2H3. The van der Waals surface area contributed by atoms with Crippen LogP contribution in [-0.2, 0) is 0 Å². The Morgan fingerprint density at radius 2 is 2.11 bits per heavy atom. The first-order chi connectivity index (χ1) is 8.58. The van der Waals surface area contributed by atoms with Crippen LogP contribution in [0.5, 0.6) is 5.75 Å². The molecule has 0 saturated carbocycles. The molecule has 96 valence electrons. The number of benzene rings is 1. The van der Waals surface area contributed by atoms with Gasteiger partial charge in [-0.25, -0.2) is 0 Å². The number of nitrogens with two attached hydrogens (primary N) is 1. The van der Waals surface area contributed by atoms with E-state index in [-0.39, 0.29) is 12.1 Å². The summed E-state index contributed by atoms with van der Waals surface area (Å²) in [5.41, 5.74) is 7.44. The highest BCUT2D eigenvalue weighted by molar-refractivity contribution is 7.10. The fourth-order valence-electron chi connectivity index (χ4n) is 1.77. The molecule has 0 aliphatic rings. The summed E-state index contributed by atoms with van der Waals surface area (Å²) in [5, 5.41) is 2.72. The van der Waals surface area contributed by atoms with E-state index in [1.807, 2.05) is 25.1 Å². The van der Waals surface area contributed by atoms with Gasteiger partial charge in [0.15, 0.2) is 0 Å². The van der Waals surface area contributed by atoms with Crippen molar-refractivity contribution >= 4 is 22.9 Å². The molecule has 0 radical (unpaired) electrons. The van der Waals surface area contributed by atoms with E-state index in [1.54, 1.807) is 17.4 Å². The van der Waals surface area contributed by atoms with Crippen LogP contribution in [0.3, 0.4) is 0 Å². The highest BCUT2D eigenvalue weighted by Crippen LogP contribution is 2.27. The van der Waals surface area contributed by atoms with Crippen LogP contribution in [0.1, 0.15) is 23.4 Å². The Morgan fingerprint density at radius 1 is 1.33 bits per heavy atom. The summed E-state index contributed by atoms with van der Waals surface area (Å²) < 4.78 is 5.83. The monoisotopic (exact) mass is 281 g/mol. The summed E-state index contributed by atoms with van der Waals surface area (Å²) in [6, 6.07) is 9.33. The van der Waals surface area contributed by atoms with Gasteiger partial charge in [-0.05, 0) is 49.1 Å². The van der Waals surface area contributed by atoms with Crippen LogP contribution < -0.4 is 10.5 Å². The van der Waals surface area contributed by atoms with Gasteiger partial charge in [0.2, 0.25) is 0 Å². The van der Waals surface area contributed by atoms with Crippen molar-refractivity contribution in [3.63, 3.8) is 0 Å². The van der Waals surface area contributed by atoms with Gasteiger partial charge in [-0.1, -0.05) is 17.7 Å². The third-order valence-electron chi connectivity index (χ3n) is 2.83. The zero-order valence-electron chi connectivity index (χ0n) is 10.4. The molecular weight excluding hydrogens is 266 g/mol. The molecule has 2 aromatic rings. The molecule has 2 atom stereocenters. The largest absolute Gasteiger partial charge is 0.489 e. The third-order valence-corrected chi connectivity index (χ3v) is 4.18.